The van der Waals surface area contributed by atoms with Crippen LogP contribution in [0.4, 0.5) is 11.4 Å². The van der Waals surface area contributed by atoms with E-state index in [9.17, 15) is 10.1 Å². The van der Waals surface area contributed by atoms with E-state index >= 15 is 0 Å². The van der Waals surface area contributed by atoms with Gasteiger partial charge in [0.1, 0.15) is 11.1 Å². The van der Waals surface area contributed by atoms with Gasteiger partial charge in [-0.1, -0.05) is 78.5 Å². The van der Waals surface area contributed by atoms with Crippen LogP contribution in [0.2, 0.25) is 0 Å². The Morgan fingerprint density at radius 3 is 2.21 bits per heavy atom. The van der Waals surface area contributed by atoms with E-state index < -0.39 is 5.25 Å². The highest BCUT2D eigenvalue weighted by Gasteiger charge is 2.31. The van der Waals surface area contributed by atoms with E-state index in [1.54, 1.807) is 0 Å². The molecular weight excluding hydrogens is 486 g/mol. The minimum absolute atomic E-state index is 0.00403. The number of carbonyl (C=O) groups is 1. The number of aryl methyl sites for hydroxylation is 3. The number of amides is 1. The maximum atomic E-state index is 14.1. The summed E-state index contributed by atoms with van der Waals surface area (Å²) >= 11 is 1.40. The number of para-hydroxylation sites is 2. The van der Waals surface area contributed by atoms with E-state index in [1.807, 2.05) is 60.4 Å². The van der Waals surface area contributed by atoms with Crippen LogP contribution in [0.25, 0.3) is 0 Å². The molecule has 0 bridgehead atoms. The molecule has 0 spiro atoms. The standard InChI is InChI=1S/C33H29N3OS/c1-22(33(37)36-30-13-7-5-11-24(30)15-16-25-12-6-8-14-31(25)36)38-32-28(21-34)20-27-19-26(17-18-29(27)35-32)23-9-3-2-4-10-23/h2-14,20,22,26H,15-19H2,1H3. The van der Waals surface area contributed by atoms with E-state index in [2.05, 4.69) is 42.5 Å². The Labute approximate surface area is 228 Å². The Morgan fingerprint density at radius 1 is 0.921 bits per heavy atom. The van der Waals surface area contributed by atoms with Gasteiger partial charge < -0.3 is 0 Å². The minimum atomic E-state index is -0.410. The van der Waals surface area contributed by atoms with Gasteiger partial charge in [-0.05, 0) is 85.4 Å². The van der Waals surface area contributed by atoms with Crippen molar-refractivity contribution < 1.29 is 4.79 Å². The molecule has 1 aromatic heterocycles. The molecule has 0 saturated carbocycles. The van der Waals surface area contributed by atoms with Crippen molar-refractivity contribution in [2.75, 3.05) is 4.90 Å². The molecule has 188 valence electrons. The van der Waals surface area contributed by atoms with Crippen molar-refractivity contribution in [2.24, 2.45) is 0 Å². The molecule has 4 nitrogen and oxygen atoms in total. The first-order valence-corrected chi connectivity index (χ1v) is 14.1. The van der Waals surface area contributed by atoms with E-state index in [0.29, 0.717) is 16.5 Å². The molecule has 0 N–H and O–H groups in total. The molecular formula is C33H29N3OS. The maximum absolute atomic E-state index is 14.1. The van der Waals surface area contributed by atoms with Crippen molar-refractivity contribution in [1.29, 1.82) is 5.26 Å². The molecule has 4 aromatic rings. The number of fused-ring (bicyclic) bond motifs is 3. The summed E-state index contributed by atoms with van der Waals surface area (Å²) in [4.78, 5) is 20.9. The van der Waals surface area contributed by atoms with Crippen molar-refractivity contribution >= 4 is 29.0 Å². The van der Waals surface area contributed by atoms with Gasteiger partial charge in [0, 0.05) is 5.69 Å². The number of thioether (sulfide) groups is 1. The highest BCUT2D eigenvalue weighted by Crippen LogP contribution is 2.39. The Balaban J connectivity index is 1.29. The van der Waals surface area contributed by atoms with Gasteiger partial charge in [0.25, 0.3) is 0 Å². The number of nitrogens with zero attached hydrogens (tertiary/aromatic N) is 3. The topological polar surface area (TPSA) is 57.0 Å². The summed E-state index contributed by atoms with van der Waals surface area (Å²) in [6.07, 6.45) is 4.60. The van der Waals surface area contributed by atoms with Crippen LogP contribution in [-0.2, 0) is 30.5 Å². The smallest absolute Gasteiger partial charge is 0.244 e. The lowest BCUT2D eigenvalue weighted by atomic mass is 9.82. The highest BCUT2D eigenvalue weighted by atomic mass is 32.2. The van der Waals surface area contributed by atoms with Gasteiger partial charge in [-0.15, -0.1) is 0 Å². The predicted molar refractivity (Wildman–Crippen MR) is 153 cm³/mol. The summed E-state index contributed by atoms with van der Waals surface area (Å²) < 4.78 is 0. The van der Waals surface area contributed by atoms with Crippen molar-refractivity contribution in [1.82, 2.24) is 4.98 Å². The van der Waals surface area contributed by atoms with Crippen molar-refractivity contribution in [3.8, 4) is 6.07 Å². The number of nitriles is 1. The first kappa shape index (κ1) is 24.5. The number of hydrogen-bond acceptors (Lipinski definition) is 4. The lowest BCUT2D eigenvalue weighted by molar-refractivity contribution is -0.117. The fourth-order valence-corrected chi connectivity index (χ4v) is 6.68. The molecule has 1 aliphatic heterocycles. The summed E-state index contributed by atoms with van der Waals surface area (Å²) in [7, 11) is 0. The summed E-state index contributed by atoms with van der Waals surface area (Å²) in [6.45, 7) is 1.93. The van der Waals surface area contributed by atoms with Gasteiger partial charge in [-0.3, -0.25) is 9.69 Å². The molecule has 0 fully saturated rings. The number of benzene rings is 3. The van der Waals surface area contributed by atoms with Crippen LogP contribution >= 0.6 is 11.8 Å². The van der Waals surface area contributed by atoms with Crippen LogP contribution in [0, 0.1) is 11.3 Å². The molecule has 2 heterocycles. The Morgan fingerprint density at radius 2 is 1.55 bits per heavy atom. The lowest BCUT2D eigenvalue weighted by Gasteiger charge is -2.28. The lowest BCUT2D eigenvalue weighted by Crippen LogP contribution is -2.33. The second kappa shape index (κ2) is 10.5. The fraction of sp³-hybridized carbons (Fsp3) is 0.242. The van der Waals surface area contributed by atoms with E-state index in [1.165, 1.54) is 28.5 Å². The average molecular weight is 516 g/mol. The number of anilines is 2. The average Bonchev–Trinajstić information content (AvgIpc) is 3.13. The minimum Gasteiger partial charge on any atom is -0.280 e. The first-order valence-electron chi connectivity index (χ1n) is 13.3. The second-order valence-electron chi connectivity index (χ2n) is 10.1. The zero-order chi connectivity index (χ0) is 26.1. The van der Waals surface area contributed by atoms with Crippen LogP contribution in [0.5, 0.6) is 0 Å². The summed E-state index contributed by atoms with van der Waals surface area (Å²) in [5, 5.41) is 10.2. The summed E-state index contributed by atoms with van der Waals surface area (Å²) in [6, 6.07) is 31.3. The highest BCUT2D eigenvalue weighted by molar-refractivity contribution is 8.00. The van der Waals surface area contributed by atoms with Gasteiger partial charge in [-0.2, -0.15) is 5.26 Å². The number of rotatable bonds is 4. The number of aromatic nitrogens is 1. The molecule has 2 unspecified atom stereocenters. The zero-order valence-corrected chi connectivity index (χ0v) is 22.2. The van der Waals surface area contributed by atoms with Crippen molar-refractivity contribution in [3.05, 3.63) is 118 Å². The van der Waals surface area contributed by atoms with Gasteiger partial charge in [0.15, 0.2) is 0 Å². The van der Waals surface area contributed by atoms with E-state index in [-0.39, 0.29) is 5.91 Å². The molecule has 6 rings (SSSR count). The molecule has 0 radical (unpaired) electrons. The van der Waals surface area contributed by atoms with Gasteiger partial charge in [0.05, 0.1) is 22.2 Å². The molecule has 0 saturated heterocycles. The SMILES string of the molecule is CC(Sc1nc2c(cc1C#N)CC(c1ccccc1)CC2)C(=O)N1c2ccccc2CCc2ccccc21. The van der Waals surface area contributed by atoms with E-state index in [0.717, 1.165) is 54.7 Å². The molecule has 2 aliphatic rings. The Hall–Kier alpha value is -3.88. The molecule has 2 atom stereocenters. The number of hydrogen-bond donors (Lipinski definition) is 0. The van der Waals surface area contributed by atoms with Crippen molar-refractivity contribution in [3.63, 3.8) is 0 Å². The molecule has 38 heavy (non-hydrogen) atoms. The Kier molecular flexibility index (Phi) is 6.74. The largest absolute Gasteiger partial charge is 0.280 e. The normalized spacial score (nSPS) is 16.8. The zero-order valence-electron chi connectivity index (χ0n) is 21.4. The van der Waals surface area contributed by atoms with Gasteiger partial charge >= 0.3 is 0 Å². The molecule has 1 aliphatic carbocycles. The van der Waals surface area contributed by atoms with Crippen molar-refractivity contribution in [2.45, 2.75) is 55.2 Å². The Bertz CT molecular complexity index is 1490. The summed E-state index contributed by atoms with van der Waals surface area (Å²) in [5.74, 6) is 0.448. The third-order valence-corrected chi connectivity index (χ3v) is 8.82. The molecule has 3 aromatic carbocycles. The molecule has 1 amide bonds. The van der Waals surface area contributed by atoms with Crippen LogP contribution in [-0.4, -0.2) is 16.1 Å². The van der Waals surface area contributed by atoms with Gasteiger partial charge in [0.2, 0.25) is 5.91 Å². The third-order valence-electron chi connectivity index (χ3n) is 7.73. The third kappa shape index (κ3) is 4.61. The fourth-order valence-electron chi connectivity index (χ4n) is 5.74. The van der Waals surface area contributed by atoms with Gasteiger partial charge in [-0.25, -0.2) is 4.98 Å². The number of carbonyl (C=O) groups excluding carboxylic acids is 1. The maximum Gasteiger partial charge on any atom is 0.244 e. The van der Waals surface area contributed by atoms with Crippen LogP contribution < -0.4 is 4.90 Å². The molecule has 5 heteroatoms. The van der Waals surface area contributed by atoms with Crippen LogP contribution in [0.3, 0.4) is 0 Å². The predicted octanol–water partition coefficient (Wildman–Crippen LogP) is 7.17. The second-order valence-corrected chi connectivity index (χ2v) is 11.4. The first-order chi connectivity index (χ1) is 18.6. The van der Waals surface area contributed by atoms with Crippen LogP contribution in [0.15, 0.2) is 90.0 Å². The quantitative estimate of drug-likeness (QED) is 0.270. The monoisotopic (exact) mass is 515 g/mol. The number of pyridine rings is 1. The van der Waals surface area contributed by atoms with E-state index in [4.69, 9.17) is 4.98 Å². The summed E-state index contributed by atoms with van der Waals surface area (Å²) in [5.41, 5.74) is 8.34. The van der Waals surface area contributed by atoms with Crippen LogP contribution in [0.1, 0.15) is 52.8 Å².